The molecule has 0 bridgehead atoms. The van der Waals surface area contributed by atoms with Gasteiger partial charge in [0.25, 0.3) is 5.56 Å². The Morgan fingerprint density at radius 3 is 2.73 bits per heavy atom. The molecule has 3 aromatic heterocycles. The Balaban J connectivity index is 1.27. The number of rotatable bonds is 3. The van der Waals surface area contributed by atoms with Crippen molar-refractivity contribution in [1.29, 1.82) is 0 Å². The van der Waals surface area contributed by atoms with Crippen LogP contribution in [0.5, 0.6) is 0 Å². The van der Waals surface area contributed by atoms with Crippen molar-refractivity contribution in [3.63, 3.8) is 0 Å². The zero-order chi connectivity index (χ0) is 20.7. The molecule has 0 unspecified atom stereocenters. The summed E-state index contributed by atoms with van der Waals surface area (Å²) in [5.74, 6) is -0.674. The molecular weight excluding hydrogens is 407 g/mol. The third-order valence-electron chi connectivity index (χ3n) is 5.15. The van der Waals surface area contributed by atoms with Crippen LogP contribution in [-0.4, -0.2) is 56.5 Å². The number of halogens is 1. The first kappa shape index (κ1) is 18.6. The van der Waals surface area contributed by atoms with Crippen molar-refractivity contribution in [1.82, 2.24) is 24.4 Å². The van der Waals surface area contributed by atoms with Crippen LogP contribution in [0.3, 0.4) is 0 Å². The van der Waals surface area contributed by atoms with Crippen LogP contribution in [0.15, 0.2) is 47.7 Å². The van der Waals surface area contributed by atoms with Gasteiger partial charge in [-0.25, -0.2) is 19.3 Å². The molecule has 1 aliphatic rings. The molecule has 1 amide bonds. The number of carbonyl (C=O) groups is 1. The predicted octanol–water partition coefficient (Wildman–Crippen LogP) is 1.89. The van der Waals surface area contributed by atoms with E-state index in [0.29, 0.717) is 31.7 Å². The molecule has 1 fully saturated rings. The molecular formula is C20H17FN6O2S. The molecule has 0 radical (unpaired) electrons. The third-order valence-corrected chi connectivity index (χ3v) is 6.19. The van der Waals surface area contributed by atoms with Crippen LogP contribution in [0.1, 0.15) is 0 Å². The van der Waals surface area contributed by atoms with Crippen molar-refractivity contribution >= 4 is 43.6 Å². The van der Waals surface area contributed by atoms with Crippen molar-refractivity contribution in [3.8, 4) is 0 Å². The minimum Gasteiger partial charge on any atom is -0.344 e. The maximum Gasteiger partial charge on any atom is 0.261 e. The Kier molecular flexibility index (Phi) is 4.62. The summed E-state index contributed by atoms with van der Waals surface area (Å²) in [7, 11) is 0. The lowest BCUT2D eigenvalue weighted by Crippen LogP contribution is -2.50. The molecule has 5 rings (SSSR count). The Morgan fingerprint density at radius 1 is 1.10 bits per heavy atom. The standard InChI is InChI=1S/C20H17FN6O2S/c21-13-3-4-15-14(10-13)19(29)27(12-23-15)11-17(28)25-6-8-26(9-7-25)20-24-16-2-1-5-22-18(16)30-20/h1-5,10,12H,6-9,11H2. The molecule has 0 atom stereocenters. The highest BCUT2D eigenvalue weighted by molar-refractivity contribution is 7.21. The van der Waals surface area contributed by atoms with E-state index in [4.69, 9.17) is 0 Å². The molecule has 0 aliphatic carbocycles. The van der Waals surface area contributed by atoms with Crippen LogP contribution in [-0.2, 0) is 11.3 Å². The first-order valence-corrected chi connectivity index (χ1v) is 10.3. The van der Waals surface area contributed by atoms with E-state index in [1.807, 2.05) is 12.1 Å². The second-order valence-electron chi connectivity index (χ2n) is 7.03. The summed E-state index contributed by atoms with van der Waals surface area (Å²) >= 11 is 1.54. The van der Waals surface area contributed by atoms with Crippen LogP contribution < -0.4 is 10.5 Å². The van der Waals surface area contributed by atoms with Crippen LogP contribution in [0.4, 0.5) is 9.52 Å². The Labute approximate surface area is 174 Å². The van der Waals surface area contributed by atoms with Gasteiger partial charge in [-0.05, 0) is 30.3 Å². The summed E-state index contributed by atoms with van der Waals surface area (Å²) in [4.78, 5) is 43.2. The number of pyridine rings is 1. The molecule has 4 heterocycles. The van der Waals surface area contributed by atoms with Crippen LogP contribution in [0, 0.1) is 5.82 Å². The number of thiazole rings is 1. The second-order valence-corrected chi connectivity index (χ2v) is 7.99. The van der Waals surface area contributed by atoms with E-state index < -0.39 is 11.4 Å². The highest BCUT2D eigenvalue weighted by Gasteiger charge is 2.24. The van der Waals surface area contributed by atoms with E-state index >= 15 is 0 Å². The number of piperazine rings is 1. The number of carbonyl (C=O) groups excluding carboxylic acids is 1. The van der Waals surface area contributed by atoms with Crippen molar-refractivity contribution in [2.24, 2.45) is 0 Å². The van der Waals surface area contributed by atoms with E-state index in [1.54, 1.807) is 11.1 Å². The molecule has 4 aromatic rings. The quantitative estimate of drug-likeness (QED) is 0.499. The van der Waals surface area contributed by atoms with Gasteiger partial charge in [-0.1, -0.05) is 11.3 Å². The molecule has 1 saturated heterocycles. The van der Waals surface area contributed by atoms with Crippen LogP contribution in [0.25, 0.3) is 21.3 Å². The van der Waals surface area contributed by atoms with E-state index in [0.717, 1.165) is 21.5 Å². The summed E-state index contributed by atoms with van der Waals surface area (Å²) in [5, 5.41) is 1.06. The SMILES string of the molecule is O=C(Cn1cnc2ccc(F)cc2c1=O)N1CCN(c2nc3cccnc3s2)CC1. The predicted molar refractivity (Wildman–Crippen MR) is 112 cm³/mol. The fourth-order valence-electron chi connectivity index (χ4n) is 3.53. The normalized spacial score (nSPS) is 14.6. The first-order valence-electron chi connectivity index (χ1n) is 9.47. The number of nitrogens with zero attached hydrogens (tertiary/aromatic N) is 6. The van der Waals surface area contributed by atoms with Gasteiger partial charge in [-0.2, -0.15) is 0 Å². The number of hydrogen-bond donors (Lipinski definition) is 0. The van der Waals surface area contributed by atoms with Gasteiger partial charge in [0, 0.05) is 32.4 Å². The Hall–Kier alpha value is -3.40. The molecule has 0 N–H and O–H groups in total. The lowest BCUT2D eigenvalue weighted by Gasteiger charge is -2.34. The summed E-state index contributed by atoms with van der Waals surface area (Å²) in [6, 6.07) is 7.65. The van der Waals surface area contributed by atoms with Crippen molar-refractivity contribution in [2.45, 2.75) is 6.54 Å². The van der Waals surface area contributed by atoms with Gasteiger partial charge in [0.15, 0.2) is 5.13 Å². The Bertz CT molecular complexity index is 1280. The fourth-order valence-corrected chi connectivity index (χ4v) is 4.49. The second kappa shape index (κ2) is 7.45. The van der Waals surface area contributed by atoms with E-state index in [2.05, 4.69) is 19.9 Å². The lowest BCUT2D eigenvalue weighted by molar-refractivity contribution is -0.132. The molecule has 0 saturated carbocycles. The molecule has 8 nitrogen and oxygen atoms in total. The van der Waals surface area contributed by atoms with Gasteiger partial charge in [-0.15, -0.1) is 0 Å². The maximum absolute atomic E-state index is 13.5. The van der Waals surface area contributed by atoms with Gasteiger partial charge in [0.1, 0.15) is 22.7 Å². The molecule has 1 aliphatic heterocycles. The maximum atomic E-state index is 13.5. The average molecular weight is 424 g/mol. The summed E-state index contributed by atoms with van der Waals surface area (Å²) in [6.07, 6.45) is 3.09. The van der Waals surface area contributed by atoms with Crippen LogP contribution >= 0.6 is 11.3 Å². The number of benzene rings is 1. The number of anilines is 1. The highest BCUT2D eigenvalue weighted by atomic mass is 32.1. The Morgan fingerprint density at radius 2 is 1.93 bits per heavy atom. The molecule has 152 valence electrons. The summed E-state index contributed by atoms with van der Waals surface area (Å²) in [6.45, 7) is 2.26. The van der Waals surface area contributed by atoms with Gasteiger partial charge in [0.2, 0.25) is 5.91 Å². The summed E-state index contributed by atoms with van der Waals surface area (Å²) in [5.41, 5.74) is 0.855. The van der Waals surface area contributed by atoms with Gasteiger partial charge < -0.3 is 9.80 Å². The van der Waals surface area contributed by atoms with E-state index in [9.17, 15) is 14.0 Å². The van der Waals surface area contributed by atoms with Crippen molar-refractivity contribution in [2.75, 3.05) is 31.1 Å². The number of fused-ring (bicyclic) bond motifs is 2. The lowest BCUT2D eigenvalue weighted by atomic mass is 10.2. The molecule has 30 heavy (non-hydrogen) atoms. The van der Waals surface area contributed by atoms with E-state index in [-0.39, 0.29) is 17.8 Å². The van der Waals surface area contributed by atoms with Gasteiger partial charge in [0.05, 0.1) is 17.2 Å². The number of aromatic nitrogens is 4. The highest BCUT2D eigenvalue weighted by Crippen LogP contribution is 2.27. The zero-order valence-electron chi connectivity index (χ0n) is 15.9. The number of hydrogen-bond acceptors (Lipinski definition) is 7. The largest absolute Gasteiger partial charge is 0.344 e. The van der Waals surface area contributed by atoms with Gasteiger partial charge >= 0.3 is 0 Å². The smallest absolute Gasteiger partial charge is 0.261 e. The zero-order valence-corrected chi connectivity index (χ0v) is 16.7. The topological polar surface area (TPSA) is 84.2 Å². The van der Waals surface area contributed by atoms with E-state index in [1.165, 1.54) is 34.4 Å². The third kappa shape index (κ3) is 3.39. The molecule has 10 heteroatoms. The average Bonchev–Trinajstić information content (AvgIpc) is 3.20. The molecule has 1 aromatic carbocycles. The monoisotopic (exact) mass is 424 g/mol. The van der Waals surface area contributed by atoms with Crippen LogP contribution in [0.2, 0.25) is 0 Å². The number of amides is 1. The van der Waals surface area contributed by atoms with Crippen molar-refractivity contribution in [3.05, 3.63) is 59.0 Å². The van der Waals surface area contributed by atoms with Gasteiger partial charge in [-0.3, -0.25) is 14.2 Å². The first-order chi connectivity index (χ1) is 14.6. The fraction of sp³-hybridized carbons (Fsp3) is 0.250. The summed E-state index contributed by atoms with van der Waals surface area (Å²) < 4.78 is 14.7. The molecule has 0 spiro atoms. The van der Waals surface area contributed by atoms with Crippen molar-refractivity contribution < 1.29 is 9.18 Å². The minimum atomic E-state index is -0.508. The minimum absolute atomic E-state index is 0.122.